The van der Waals surface area contributed by atoms with Crippen molar-refractivity contribution in [1.29, 1.82) is 0 Å². The number of sulfonamides is 1. The molecule has 0 aromatic carbocycles. The Morgan fingerprint density at radius 2 is 1.92 bits per heavy atom. The number of likely N-dealkylation sites (tertiary alicyclic amines) is 1. The molecule has 0 atom stereocenters. The van der Waals surface area contributed by atoms with Crippen molar-refractivity contribution >= 4 is 46.1 Å². The van der Waals surface area contributed by atoms with Gasteiger partial charge in [0.2, 0.25) is 10.0 Å². The number of hydrogen-bond acceptors (Lipinski definition) is 5. The van der Waals surface area contributed by atoms with Gasteiger partial charge < -0.3 is 20.7 Å². The third-order valence-electron chi connectivity index (χ3n) is 3.48. The Morgan fingerprint density at radius 1 is 1.36 bits per heavy atom. The first-order chi connectivity index (χ1) is 11.0. The number of carbonyl (C=O) groups is 1. The van der Waals surface area contributed by atoms with E-state index in [1.165, 1.54) is 0 Å². The van der Waals surface area contributed by atoms with Crippen LogP contribution >= 0.6 is 24.0 Å². The second-order valence-corrected chi connectivity index (χ2v) is 8.31. The van der Waals surface area contributed by atoms with Crippen LogP contribution in [-0.2, 0) is 14.8 Å². The smallest absolute Gasteiger partial charge is 0.409 e. The molecule has 0 unspecified atom stereocenters. The number of carbonyl (C=O) groups excluding carboxylic acids is 1. The fourth-order valence-corrected chi connectivity index (χ4v) is 3.56. The highest BCUT2D eigenvalue weighted by molar-refractivity contribution is 14.0. The van der Waals surface area contributed by atoms with E-state index in [1.807, 2.05) is 0 Å². The number of guanidine groups is 1. The van der Waals surface area contributed by atoms with Gasteiger partial charge in [0.1, 0.15) is 0 Å². The van der Waals surface area contributed by atoms with E-state index in [0.29, 0.717) is 19.7 Å². The van der Waals surface area contributed by atoms with Gasteiger partial charge in [-0.25, -0.2) is 17.9 Å². The average Bonchev–Trinajstić information content (AvgIpc) is 2.44. The number of nitrogens with one attached hydrogen (secondary N) is 2. The van der Waals surface area contributed by atoms with Crippen LogP contribution in [0.25, 0.3) is 0 Å². The molecule has 25 heavy (non-hydrogen) atoms. The number of piperidine rings is 1. The lowest BCUT2D eigenvalue weighted by Gasteiger charge is -2.32. The van der Waals surface area contributed by atoms with Crippen molar-refractivity contribution in [2.24, 2.45) is 10.7 Å². The molecule has 1 saturated heterocycles. The minimum atomic E-state index is -3.31. The summed E-state index contributed by atoms with van der Waals surface area (Å²) >= 11 is 0. The average molecular weight is 491 g/mol. The van der Waals surface area contributed by atoms with Crippen molar-refractivity contribution in [3.63, 3.8) is 0 Å². The molecule has 0 aromatic heterocycles. The molecule has 1 heterocycles. The number of ether oxygens (including phenoxy) is 1. The standard InChI is InChI=1S/C14H29N5O4S.HI/c1-5-23-13(20)19-8-6-11(7-9-19)17-12(15)16-10-14(2,3)18-24(4,21)22;/h11,18H,5-10H2,1-4H3,(H3,15,16,17);1H. The molecule has 1 amide bonds. The summed E-state index contributed by atoms with van der Waals surface area (Å²) in [5.41, 5.74) is 5.16. The zero-order chi connectivity index (χ0) is 18.4. The van der Waals surface area contributed by atoms with Crippen LogP contribution in [0.5, 0.6) is 0 Å². The van der Waals surface area contributed by atoms with Crippen molar-refractivity contribution < 1.29 is 17.9 Å². The lowest BCUT2D eigenvalue weighted by Crippen LogP contribution is -2.49. The van der Waals surface area contributed by atoms with Crippen LogP contribution in [-0.4, -0.2) is 69.4 Å². The molecule has 1 rings (SSSR count). The van der Waals surface area contributed by atoms with E-state index in [0.717, 1.165) is 19.1 Å². The molecule has 0 bridgehead atoms. The van der Waals surface area contributed by atoms with E-state index in [-0.39, 0.29) is 48.6 Å². The van der Waals surface area contributed by atoms with Crippen LogP contribution in [0.3, 0.4) is 0 Å². The van der Waals surface area contributed by atoms with E-state index < -0.39 is 15.6 Å². The number of hydrogen-bond donors (Lipinski definition) is 3. The molecule has 1 aliphatic heterocycles. The third-order valence-corrected chi connectivity index (χ3v) is 4.40. The molecule has 1 fully saturated rings. The molecule has 1 aliphatic rings. The van der Waals surface area contributed by atoms with Crippen molar-refractivity contribution in [1.82, 2.24) is 14.9 Å². The van der Waals surface area contributed by atoms with E-state index in [4.69, 9.17) is 10.5 Å². The Hall–Kier alpha value is -0.820. The summed E-state index contributed by atoms with van der Waals surface area (Å²) in [5, 5.41) is 3.12. The van der Waals surface area contributed by atoms with Gasteiger partial charge in [0.15, 0.2) is 5.96 Å². The Morgan fingerprint density at radius 3 is 2.40 bits per heavy atom. The fraction of sp³-hybridized carbons (Fsp3) is 0.857. The summed E-state index contributed by atoms with van der Waals surface area (Å²) in [7, 11) is -3.31. The first kappa shape index (κ1) is 24.2. The maximum Gasteiger partial charge on any atom is 0.409 e. The summed E-state index contributed by atoms with van der Waals surface area (Å²) in [5.74, 6) is 0.271. The first-order valence-corrected chi connectivity index (χ1v) is 9.88. The highest BCUT2D eigenvalue weighted by Gasteiger charge is 2.24. The van der Waals surface area contributed by atoms with Gasteiger partial charge >= 0.3 is 6.09 Å². The number of aliphatic imine (C=N–C) groups is 1. The van der Waals surface area contributed by atoms with Crippen molar-refractivity contribution in [3.05, 3.63) is 0 Å². The van der Waals surface area contributed by atoms with Crippen LogP contribution in [0.2, 0.25) is 0 Å². The van der Waals surface area contributed by atoms with E-state index >= 15 is 0 Å². The van der Waals surface area contributed by atoms with Crippen LogP contribution in [0.4, 0.5) is 4.79 Å². The van der Waals surface area contributed by atoms with Gasteiger partial charge in [0, 0.05) is 24.7 Å². The van der Waals surface area contributed by atoms with Crippen LogP contribution in [0.1, 0.15) is 33.6 Å². The Labute approximate surface area is 167 Å². The molecule has 4 N–H and O–H groups in total. The number of amides is 1. The zero-order valence-corrected chi connectivity index (χ0v) is 18.4. The van der Waals surface area contributed by atoms with Gasteiger partial charge in [-0.3, -0.25) is 4.99 Å². The lowest BCUT2D eigenvalue weighted by atomic mass is 10.1. The van der Waals surface area contributed by atoms with Gasteiger partial charge in [-0.05, 0) is 33.6 Å². The summed E-state index contributed by atoms with van der Waals surface area (Å²) < 4.78 is 30.1. The second kappa shape index (κ2) is 10.4. The highest BCUT2D eigenvalue weighted by Crippen LogP contribution is 2.11. The molecule has 9 nitrogen and oxygen atoms in total. The lowest BCUT2D eigenvalue weighted by molar-refractivity contribution is 0.0963. The monoisotopic (exact) mass is 491 g/mol. The van der Waals surface area contributed by atoms with E-state index in [2.05, 4.69) is 15.0 Å². The SMILES string of the molecule is CCOC(=O)N1CCC(NC(N)=NCC(C)(C)NS(C)(=O)=O)CC1.I. The Bertz CT molecular complexity index is 560. The van der Waals surface area contributed by atoms with Crippen molar-refractivity contribution in [2.45, 2.75) is 45.2 Å². The zero-order valence-electron chi connectivity index (χ0n) is 15.2. The molecule has 148 valence electrons. The maximum absolute atomic E-state index is 11.6. The van der Waals surface area contributed by atoms with Crippen molar-refractivity contribution in [2.75, 3.05) is 32.5 Å². The minimum Gasteiger partial charge on any atom is -0.450 e. The molecule has 0 aromatic rings. The molecule has 0 saturated carbocycles. The molecule has 11 heteroatoms. The van der Waals surface area contributed by atoms with Crippen molar-refractivity contribution in [3.8, 4) is 0 Å². The third kappa shape index (κ3) is 10.0. The first-order valence-electron chi connectivity index (χ1n) is 7.99. The predicted molar refractivity (Wildman–Crippen MR) is 109 cm³/mol. The normalized spacial score (nSPS) is 17.0. The number of rotatable bonds is 6. The predicted octanol–water partition coefficient (Wildman–Crippen LogP) is 0.457. The van der Waals surface area contributed by atoms with Crippen LogP contribution in [0, 0.1) is 0 Å². The van der Waals surface area contributed by atoms with Gasteiger partial charge in [-0.2, -0.15) is 0 Å². The summed E-state index contributed by atoms with van der Waals surface area (Å²) in [6.07, 6.45) is 2.32. The molecular formula is C14H30IN5O4S. The molecule has 0 aliphatic carbocycles. The number of nitrogens with zero attached hydrogens (tertiary/aromatic N) is 2. The summed E-state index contributed by atoms with van der Waals surface area (Å²) in [6, 6.07) is 0.130. The van der Waals surface area contributed by atoms with Gasteiger partial charge in [-0.1, -0.05) is 0 Å². The van der Waals surface area contributed by atoms with Crippen LogP contribution in [0.15, 0.2) is 4.99 Å². The van der Waals surface area contributed by atoms with Gasteiger partial charge in [-0.15, -0.1) is 24.0 Å². The van der Waals surface area contributed by atoms with E-state index in [1.54, 1.807) is 25.7 Å². The second-order valence-electron chi connectivity index (χ2n) is 6.56. The highest BCUT2D eigenvalue weighted by atomic mass is 127. The maximum atomic E-state index is 11.6. The number of halogens is 1. The number of nitrogens with two attached hydrogens (primary N) is 1. The summed E-state index contributed by atoms with van der Waals surface area (Å²) in [6.45, 7) is 7.05. The van der Waals surface area contributed by atoms with Gasteiger partial charge in [0.25, 0.3) is 0 Å². The van der Waals surface area contributed by atoms with E-state index in [9.17, 15) is 13.2 Å². The Balaban J connectivity index is 0.00000576. The Kier molecular flexibility index (Phi) is 10.0. The summed E-state index contributed by atoms with van der Waals surface area (Å²) in [4.78, 5) is 17.5. The topological polar surface area (TPSA) is 126 Å². The minimum absolute atomic E-state index is 0. The molecule has 0 spiro atoms. The quantitative estimate of drug-likeness (QED) is 0.282. The van der Waals surface area contributed by atoms with Crippen LogP contribution < -0.4 is 15.8 Å². The largest absolute Gasteiger partial charge is 0.450 e. The molecule has 0 radical (unpaired) electrons. The van der Waals surface area contributed by atoms with Gasteiger partial charge in [0.05, 0.1) is 19.4 Å². The fourth-order valence-electron chi connectivity index (χ4n) is 2.49. The molecular weight excluding hydrogens is 461 g/mol.